The first-order valence-corrected chi connectivity index (χ1v) is 6.24. The molecule has 0 aliphatic heterocycles. The van der Waals surface area contributed by atoms with Crippen molar-refractivity contribution in [3.63, 3.8) is 0 Å². The molecule has 104 valence electrons. The minimum atomic E-state index is -0.372. The van der Waals surface area contributed by atoms with E-state index in [1.54, 1.807) is 18.3 Å². The maximum absolute atomic E-state index is 11.7. The zero-order valence-electron chi connectivity index (χ0n) is 12.2. The summed E-state index contributed by atoms with van der Waals surface area (Å²) < 4.78 is 0. The van der Waals surface area contributed by atoms with Gasteiger partial charge in [0.25, 0.3) is 0 Å². The van der Waals surface area contributed by atoms with Crippen LogP contribution >= 0.6 is 0 Å². The quantitative estimate of drug-likeness (QED) is 0.710. The van der Waals surface area contributed by atoms with Gasteiger partial charge in [-0.3, -0.25) is 0 Å². The van der Waals surface area contributed by atoms with Crippen LogP contribution in [-0.2, 0) is 0 Å². The van der Waals surface area contributed by atoms with Crippen molar-refractivity contribution in [2.75, 3.05) is 5.32 Å². The zero-order chi connectivity index (χ0) is 14.6. The molecule has 0 aliphatic rings. The van der Waals surface area contributed by atoms with Gasteiger partial charge < -0.3 is 15.7 Å². The normalized spacial score (nSPS) is 12.2. The van der Waals surface area contributed by atoms with Crippen LogP contribution in [0.3, 0.4) is 0 Å². The maximum atomic E-state index is 11.7. The van der Waals surface area contributed by atoms with Gasteiger partial charge in [-0.05, 0) is 37.0 Å². The minimum absolute atomic E-state index is 0.0132. The summed E-state index contributed by atoms with van der Waals surface area (Å²) in [5.74, 6) is 0.0617. The summed E-state index contributed by atoms with van der Waals surface area (Å²) in [6.45, 7) is 10.1. The van der Waals surface area contributed by atoms with Crippen LogP contribution in [0.4, 0.5) is 10.5 Å². The number of benzene rings is 1. The SMILES string of the molecule is C/C(=C\NC(=O)Nc1ccc(C)cc1O)C(C)(C)C. The van der Waals surface area contributed by atoms with E-state index in [-0.39, 0.29) is 17.2 Å². The van der Waals surface area contributed by atoms with E-state index in [0.29, 0.717) is 5.69 Å². The number of urea groups is 1. The first-order valence-electron chi connectivity index (χ1n) is 6.24. The standard InChI is InChI=1S/C15H22N2O2/c1-10-6-7-12(13(18)8-10)17-14(19)16-9-11(2)15(3,4)5/h6-9,18H,1-5H3,(H2,16,17,19)/b11-9+. The second kappa shape index (κ2) is 5.78. The molecule has 1 aromatic carbocycles. The molecular formula is C15H22N2O2. The summed E-state index contributed by atoms with van der Waals surface area (Å²) in [5, 5.41) is 14.9. The van der Waals surface area contributed by atoms with Gasteiger partial charge in [0.1, 0.15) is 5.75 Å². The van der Waals surface area contributed by atoms with Gasteiger partial charge in [0, 0.05) is 6.20 Å². The van der Waals surface area contributed by atoms with Crippen molar-refractivity contribution >= 4 is 11.7 Å². The Hall–Kier alpha value is -1.97. The van der Waals surface area contributed by atoms with Crippen molar-refractivity contribution in [1.29, 1.82) is 0 Å². The van der Waals surface area contributed by atoms with Crippen LogP contribution < -0.4 is 10.6 Å². The second-order valence-electron chi connectivity index (χ2n) is 5.70. The molecule has 0 aliphatic carbocycles. The number of carbonyl (C=O) groups is 1. The van der Waals surface area contributed by atoms with E-state index in [9.17, 15) is 9.90 Å². The number of hydrogen-bond acceptors (Lipinski definition) is 2. The Morgan fingerprint density at radius 2 is 1.95 bits per heavy atom. The summed E-state index contributed by atoms with van der Waals surface area (Å²) in [6, 6.07) is 4.73. The first kappa shape index (κ1) is 15.1. The third-order valence-corrected chi connectivity index (χ3v) is 3.00. The molecule has 0 atom stereocenters. The lowest BCUT2D eigenvalue weighted by atomic mass is 9.88. The fourth-order valence-corrected chi connectivity index (χ4v) is 1.30. The Kier molecular flexibility index (Phi) is 4.59. The number of hydrogen-bond donors (Lipinski definition) is 3. The zero-order valence-corrected chi connectivity index (χ0v) is 12.2. The first-order chi connectivity index (χ1) is 8.70. The van der Waals surface area contributed by atoms with Gasteiger partial charge in [-0.1, -0.05) is 32.4 Å². The predicted molar refractivity (Wildman–Crippen MR) is 78.2 cm³/mol. The molecule has 0 fully saturated rings. The Morgan fingerprint density at radius 1 is 1.32 bits per heavy atom. The fraction of sp³-hybridized carbons (Fsp3) is 0.400. The van der Waals surface area contributed by atoms with E-state index in [1.165, 1.54) is 0 Å². The smallest absolute Gasteiger partial charge is 0.323 e. The lowest BCUT2D eigenvalue weighted by molar-refractivity contribution is 0.254. The molecule has 0 saturated heterocycles. The molecule has 0 spiro atoms. The number of carbonyl (C=O) groups excluding carboxylic acids is 1. The Labute approximate surface area is 114 Å². The number of aromatic hydroxyl groups is 1. The van der Waals surface area contributed by atoms with E-state index in [1.807, 2.05) is 19.9 Å². The fourth-order valence-electron chi connectivity index (χ4n) is 1.30. The molecule has 2 amide bonds. The molecule has 0 bridgehead atoms. The van der Waals surface area contributed by atoms with Gasteiger partial charge in [-0.2, -0.15) is 0 Å². The van der Waals surface area contributed by atoms with Gasteiger partial charge in [-0.25, -0.2) is 4.79 Å². The number of aryl methyl sites for hydroxylation is 1. The summed E-state index contributed by atoms with van der Waals surface area (Å²) in [5.41, 5.74) is 2.41. The van der Waals surface area contributed by atoms with Crippen LogP contribution in [0.5, 0.6) is 5.75 Å². The van der Waals surface area contributed by atoms with Crippen LogP contribution in [0.15, 0.2) is 30.0 Å². The van der Waals surface area contributed by atoms with Crippen molar-refractivity contribution in [2.45, 2.75) is 34.6 Å². The molecule has 0 saturated carbocycles. The lowest BCUT2D eigenvalue weighted by Crippen LogP contribution is -2.25. The molecule has 0 radical (unpaired) electrons. The molecule has 4 nitrogen and oxygen atoms in total. The van der Waals surface area contributed by atoms with Crippen molar-refractivity contribution in [2.24, 2.45) is 5.41 Å². The van der Waals surface area contributed by atoms with Crippen molar-refractivity contribution in [3.8, 4) is 5.75 Å². The maximum Gasteiger partial charge on any atom is 0.323 e. The van der Waals surface area contributed by atoms with Gasteiger partial charge in [0.05, 0.1) is 5.69 Å². The predicted octanol–water partition coefficient (Wildman–Crippen LogP) is 3.77. The van der Waals surface area contributed by atoms with Gasteiger partial charge in [-0.15, -0.1) is 0 Å². The third-order valence-electron chi connectivity index (χ3n) is 3.00. The van der Waals surface area contributed by atoms with E-state index in [0.717, 1.165) is 11.1 Å². The molecule has 1 aromatic rings. The molecule has 0 aromatic heterocycles. The van der Waals surface area contributed by atoms with Crippen LogP contribution in [0.1, 0.15) is 33.3 Å². The molecule has 1 rings (SSSR count). The molecule has 19 heavy (non-hydrogen) atoms. The second-order valence-corrected chi connectivity index (χ2v) is 5.70. The number of nitrogens with one attached hydrogen (secondary N) is 2. The Morgan fingerprint density at radius 3 is 2.47 bits per heavy atom. The number of rotatable bonds is 2. The molecule has 0 heterocycles. The van der Waals surface area contributed by atoms with E-state index < -0.39 is 0 Å². The minimum Gasteiger partial charge on any atom is -0.506 e. The largest absolute Gasteiger partial charge is 0.506 e. The highest BCUT2D eigenvalue weighted by molar-refractivity contribution is 5.91. The van der Waals surface area contributed by atoms with Gasteiger partial charge >= 0.3 is 6.03 Å². The topological polar surface area (TPSA) is 61.4 Å². The summed E-state index contributed by atoms with van der Waals surface area (Å²) in [4.78, 5) is 11.7. The number of anilines is 1. The number of phenolic OH excluding ortho intramolecular Hbond substituents is 1. The van der Waals surface area contributed by atoms with E-state index >= 15 is 0 Å². The summed E-state index contributed by atoms with van der Waals surface area (Å²) >= 11 is 0. The van der Waals surface area contributed by atoms with Crippen molar-refractivity contribution < 1.29 is 9.90 Å². The highest BCUT2D eigenvalue weighted by Crippen LogP contribution is 2.24. The number of phenols is 1. The lowest BCUT2D eigenvalue weighted by Gasteiger charge is -2.19. The van der Waals surface area contributed by atoms with Crippen LogP contribution in [0.25, 0.3) is 0 Å². The van der Waals surface area contributed by atoms with Crippen molar-refractivity contribution in [3.05, 3.63) is 35.5 Å². The van der Waals surface area contributed by atoms with Gasteiger partial charge in [0.2, 0.25) is 0 Å². The van der Waals surface area contributed by atoms with E-state index in [2.05, 4.69) is 31.4 Å². The average Bonchev–Trinajstić information content (AvgIpc) is 2.28. The van der Waals surface area contributed by atoms with Crippen molar-refractivity contribution in [1.82, 2.24) is 5.32 Å². The van der Waals surface area contributed by atoms with Crippen LogP contribution in [0.2, 0.25) is 0 Å². The molecule has 3 N–H and O–H groups in total. The molecular weight excluding hydrogens is 240 g/mol. The molecule has 4 heteroatoms. The monoisotopic (exact) mass is 262 g/mol. The Balaban J connectivity index is 2.66. The summed E-state index contributed by atoms with van der Waals surface area (Å²) in [6.07, 6.45) is 1.68. The van der Waals surface area contributed by atoms with Crippen LogP contribution in [-0.4, -0.2) is 11.1 Å². The third kappa shape index (κ3) is 4.66. The van der Waals surface area contributed by atoms with Crippen LogP contribution in [0, 0.1) is 12.3 Å². The average molecular weight is 262 g/mol. The Bertz CT molecular complexity index is 499. The van der Waals surface area contributed by atoms with E-state index in [4.69, 9.17) is 0 Å². The van der Waals surface area contributed by atoms with Gasteiger partial charge in [0.15, 0.2) is 0 Å². The summed E-state index contributed by atoms with van der Waals surface area (Å²) in [7, 11) is 0. The number of amides is 2. The molecule has 0 unspecified atom stereocenters. The highest BCUT2D eigenvalue weighted by atomic mass is 16.3. The number of allylic oxidation sites excluding steroid dienone is 1. The highest BCUT2D eigenvalue weighted by Gasteiger charge is 2.12.